The largest absolute Gasteiger partial charge is 0.340 e. The predicted molar refractivity (Wildman–Crippen MR) is 48.5 cm³/mol. The fraction of sp³-hybridized carbons (Fsp3) is 0.300. The van der Waals surface area contributed by atoms with Crippen LogP contribution in [0.1, 0.15) is 15.9 Å². The van der Waals surface area contributed by atoms with Crippen LogP contribution in [0.15, 0.2) is 24.3 Å². The van der Waals surface area contributed by atoms with E-state index in [1.54, 1.807) is 0 Å². The molecule has 2 aliphatic heterocycles. The average molecular weight is 174 g/mol. The summed E-state index contributed by atoms with van der Waals surface area (Å²) >= 11 is 0. The maximum atomic E-state index is 11.5. The lowest BCUT2D eigenvalue weighted by Gasteiger charge is -2.39. The number of hydrogen-bond acceptors (Lipinski definition) is 2. The Morgan fingerprint density at radius 1 is 1.23 bits per heavy atom. The molecule has 1 aromatic carbocycles. The lowest BCUT2D eigenvalue weighted by atomic mass is 9.85. The number of benzene rings is 1. The van der Waals surface area contributed by atoms with Gasteiger partial charge in [0.2, 0.25) is 0 Å². The maximum Gasteiger partial charge on any atom is 0.252 e. The standard InChI is InChI=1S/C10H10N2O/c13-9-7-3-1-2-4-8(7)10(12-9)5-11-6-10/h1-4,11H,5-6H2,(H,12,13). The SMILES string of the molecule is O=C1NC2(CNC2)c2ccccc21. The summed E-state index contributed by atoms with van der Waals surface area (Å²) in [5, 5.41) is 6.22. The van der Waals surface area contributed by atoms with Gasteiger partial charge in [0.05, 0.1) is 5.54 Å². The second kappa shape index (κ2) is 2.12. The first-order valence-corrected chi connectivity index (χ1v) is 4.45. The van der Waals surface area contributed by atoms with Crippen molar-refractivity contribution in [3.63, 3.8) is 0 Å². The molecule has 3 heteroatoms. The number of fused-ring (bicyclic) bond motifs is 2. The molecule has 0 aromatic heterocycles. The molecule has 3 rings (SSSR count). The van der Waals surface area contributed by atoms with E-state index in [-0.39, 0.29) is 11.4 Å². The fourth-order valence-corrected chi connectivity index (χ4v) is 2.10. The number of nitrogens with one attached hydrogen (secondary N) is 2. The summed E-state index contributed by atoms with van der Waals surface area (Å²) in [5.74, 6) is 0.0668. The Morgan fingerprint density at radius 2 is 2.00 bits per heavy atom. The van der Waals surface area contributed by atoms with Crippen LogP contribution in [-0.2, 0) is 5.54 Å². The number of carbonyl (C=O) groups excluding carboxylic acids is 1. The van der Waals surface area contributed by atoms with Gasteiger partial charge in [-0.15, -0.1) is 0 Å². The van der Waals surface area contributed by atoms with Gasteiger partial charge in [-0.1, -0.05) is 18.2 Å². The van der Waals surface area contributed by atoms with Crippen molar-refractivity contribution in [3.05, 3.63) is 35.4 Å². The molecule has 0 radical (unpaired) electrons. The van der Waals surface area contributed by atoms with Gasteiger partial charge in [-0.25, -0.2) is 0 Å². The molecule has 1 fully saturated rings. The maximum absolute atomic E-state index is 11.5. The molecule has 13 heavy (non-hydrogen) atoms. The van der Waals surface area contributed by atoms with Gasteiger partial charge >= 0.3 is 0 Å². The van der Waals surface area contributed by atoms with Crippen LogP contribution in [0.2, 0.25) is 0 Å². The van der Waals surface area contributed by atoms with Crippen molar-refractivity contribution >= 4 is 5.91 Å². The molecular formula is C10H10N2O. The quantitative estimate of drug-likeness (QED) is 0.591. The number of hydrogen-bond donors (Lipinski definition) is 2. The summed E-state index contributed by atoms with van der Waals surface area (Å²) in [6, 6.07) is 7.81. The molecule has 0 atom stereocenters. The Balaban J connectivity index is 2.20. The highest BCUT2D eigenvalue weighted by atomic mass is 16.2. The Hall–Kier alpha value is -1.35. The van der Waals surface area contributed by atoms with Crippen LogP contribution >= 0.6 is 0 Å². The first-order valence-electron chi connectivity index (χ1n) is 4.45. The normalized spacial score (nSPS) is 22.3. The molecule has 1 spiro atoms. The lowest BCUT2D eigenvalue weighted by Crippen LogP contribution is -2.63. The summed E-state index contributed by atoms with van der Waals surface area (Å²) in [6.07, 6.45) is 0. The van der Waals surface area contributed by atoms with Crippen molar-refractivity contribution in [2.75, 3.05) is 13.1 Å². The third kappa shape index (κ3) is 0.748. The van der Waals surface area contributed by atoms with E-state index in [1.807, 2.05) is 24.3 Å². The molecule has 0 bridgehead atoms. The van der Waals surface area contributed by atoms with E-state index in [9.17, 15) is 4.79 Å². The third-order valence-electron chi connectivity index (χ3n) is 2.89. The zero-order chi connectivity index (χ0) is 8.89. The molecule has 0 unspecified atom stereocenters. The van der Waals surface area contributed by atoms with Crippen molar-refractivity contribution in [1.29, 1.82) is 0 Å². The van der Waals surface area contributed by atoms with Crippen LogP contribution in [0.5, 0.6) is 0 Å². The van der Waals surface area contributed by atoms with Crippen LogP contribution < -0.4 is 10.6 Å². The molecule has 1 amide bonds. The molecule has 3 nitrogen and oxygen atoms in total. The Bertz CT molecular complexity index is 382. The third-order valence-corrected chi connectivity index (χ3v) is 2.89. The van der Waals surface area contributed by atoms with Gasteiger partial charge in [0.25, 0.3) is 5.91 Å². The van der Waals surface area contributed by atoms with E-state index in [4.69, 9.17) is 0 Å². The summed E-state index contributed by atoms with van der Waals surface area (Å²) in [4.78, 5) is 11.5. The van der Waals surface area contributed by atoms with Crippen LogP contribution in [0.3, 0.4) is 0 Å². The van der Waals surface area contributed by atoms with Crippen LogP contribution in [0, 0.1) is 0 Å². The van der Waals surface area contributed by atoms with Crippen molar-refractivity contribution in [3.8, 4) is 0 Å². The molecular weight excluding hydrogens is 164 g/mol. The molecule has 66 valence electrons. The summed E-state index contributed by atoms with van der Waals surface area (Å²) in [6.45, 7) is 1.71. The number of amides is 1. The zero-order valence-electron chi connectivity index (χ0n) is 7.13. The zero-order valence-corrected chi connectivity index (χ0v) is 7.13. The van der Waals surface area contributed by atoms with E-state index in [2.05, 4.69) is 10.6 Å². The van der Waals surface area contributed by atoms with E-state index >= 15 is 0 Å². The minimum absolute atomic E-state index is 0.0668. The molecule has 0 aliphatic carbocycles. The van der Waals surface area contributed by atoms with Gasteiger partial charge < -0.3 is 10.6 Å². The van der Waals surface area contributed by atoms with Gasteiger partial charge in [0.1, 0.15) is 0 Å². The van der Waals surface area contributed by atoms with Crippen LogP contribution in [0.25, 0.3) is 0 Å². The number of carbonyl (C=O) groups is 1. The molecule has 2 heterocycles. The highest BCUT2D eigenvalue weighted by molar-refractivity contribution is 6.00. The molecule has 0 saturated carbocycles. The average Bonchev–Trinajstić information content (AvgIpc) is 2.40. The van der Waals surface area contributed by atoms with Crippen LogP contribution in [-0.4, -0.2) is 19.0 Å². The molecule has 2 aliphatic rings. The molecule has 1 aromatic rings. The summed E-state index contributed by atoms with van der Waals surface area (Å²) < 4.78 is 0. The number of rotatable bonds is 0. The Labute approximate surface area is 76.1 Å². The van der Waals surface area contributed by atoms with Crippen molar-refractivity contribution in [2.24, 2.45) is 0 Å². The fourth-order valence-electron chi connectivity index (χ4n) is 2.10. The molecule has 2 N–H and O–H groups in total. The first kappa shape index (κ1) is 7.09. The second-order valence-corrected chi connectivity index (χ2v) is 3.69. The summed E-state index contributed by atoms with van der Waals surface area (Å²) in [5.41, 5.74) is 1.90. The monoisotopic (exact) mass is 174 g/mol. The lowest BCUT2D eigenvalue weighted by molar-refractivity contribution is 0.0900. The van der Waals surface area contributed by atoms with Gasteiger partial charge in [-0.3, -0.25) is 4.79 Å². The highest BCUT2D eigenvalue weighted by Gasteiger charge is 2.46. The predicted octanol–water partition coefficient (Wildman–Crippen LogP) is 0.228. The Kier molecular flexibility index (Phi) is 1.15. The van der Waals surface area contributed by atoms with Crippen molar-refractivity contribution < 1.29 is 4.79 Å². The van der Waals surface area contributed by atoms with Gasteiger partial charge in [-0.2, -0.15) is 0 Å². The first-order chi connectivity index (χ1) is 6.32. The van der Waals surface area contributed by atoms with E-state index < -0.39 is 0 Å². The Morgan fingerprint density at radius 3 is 2.69 bits per heavy atom. The van der Waals surface area contributed by atoms with E-state index in [0.29, 0.717) is 0 Å². The van der Waals surface area contributed by atoms with E-state index in [0.717, 1.165) is 24.2 Å². The summed E-state index contributed by atoms with van der Waals surface area (Å²) in [7, 11) is 0. The topological polar surface area (TPSA) is 41.1 Å². The van der Waals surface area contributed by atoms with Crippen molar-refractivity contribution in [1.82, 2.24) is 10.6 Å². The van der Waals surface area contributed by atoms with Gasteiger partial charge in [0.15, 0.2) is 0 Å². The van der Waals surface area contributed by atoms with E-state index in [1.165, 1.54) is 0 Å². The smallest absolute Gasteiger partial charge is 0.252 e. The van der Waals surface area contributed by atoms with Crippen molar-refractivity contribution in [2.45, 2.75) is 5.54 Å². The minimum atomic E-state index is -0.0896. The minimum Gasteiger partial charge on any atom is -0.340 e. The second-order valence-electron chi connectivity index (χ2n) is 3.69. The molecule has 1 saturated heterocycles. The van der Waals surface area contributed by atoms with Crippen LogP contribution in [0.4, 0.5) is 0 Å². The van der Waals surface area contributed by atoms with Gasteiger partial charge in [0, 0.05) is 18.7 Å². The highest BCUT2D eigenvalue weighted by Crippen LogP contribution is 2.33. The van der Waals surface area contributed by atoms with Gasteiger partial charge in [-0.05, 0) is 11.6 Å².